The van der Waals surface area contributed by atoms with Gasteiger partial charge in [0, 0.05) is 19.0 Å². The lowest BCUT2D eigenvalue weighted by atomic mass is 9.66. The predicted octanol–water partition coefficient (Wildman–Crippen LogP) is 3.80. The van der Waals surface area contributed by atoms with E-state index in [1.54, 1.807) is 4.90 Å². The van der Waals surface area contributed by atoms with E-state index in [-0.39, 0.29) is 17.9 Å². The highest BCUT2D eigenvalue weighted by atomic mass is 16.6. The summed E-state index contributed by atoms with van der Waals surface area (Å²) in [5.74, 6) is 0.597. The van der Waals surface area contributed by atoms with Gasteiger partial charge in [-0.25, -0.2) is 4.79 Å². The summed E-state index contributed by atoms with van der Waals surface area (Å²) >= 11 is 0. The van der Waals surface area contributed by atoms with Crippen molar-refractivity contribution in [1.29, 1.82) is 0 Å². The number of piperidine rings is 1. The van der Waals surface area contributed by atoms with Crippen LogP contribution in [0, 0.1) is 17.3 Å². The van der Waals surface area contributed by atoms with Gasteiger partial charge in [-0.3, -0.25) is 4.79 Å². The Labute approximate surface area is 133 Å². The molecule has 4 nitrogen and oxygen atoms in total. The second-order valence-electron chi connectivity index (χ2n) is 7.82. The molecule has 0 aromatic rings. The van der Waals surface area contributed by atoms with Gasteiger partial charge in [0.05, 0.1) is 5.41 Å². The van der Waals surface area contributed by atoms with Crippen molar-refractivity contribution >= 4 is 11.9 Å². The smallest absolute Gasteiger partial charge is 0.410 e. The number of hydrogen-bond donors (Lipinski definition) is 0. The number of ketones is 1. The van der Waals surface area contributed by atoms with Crippen molar-refractivity contribution in [3.05, 3.63) is 12.7 Å². The topological polar surface area (TPSA) is 46.6 Å². The van der Waals surface area contributed by atoms with Crippen LogP contribution in [-0.4, -0.2) is 35.5 Å². The zero-order valence-electron chi connectivity index (χ0n) is 14.4. The second kappa shape index (κ2) is 6.05. The van der Waals surface area contributed by atoms with Crippen LogP contribution in [0.1, 0.15) is 53.4 Å². The Bertz CT molecular complexity index is 461. The molecule has 1 aliphatic heterocycles. The number of ether oxygens (including phenoxy) is 1. The predicted molar refractivity (Wildman–Crippen MR) is 86.6 cm³/mol. The summed E-state index contributed by atoms with van der Waals surface area (Å²) in [7, 11) is 0. The monoisotopic (exact) mass is 307 g/mol. The molecule has 1 saturated carbocycles. The molecule has 0 N–H and O–H groups in total. The summed E-state index contributed by atoms with van der Waals surface area (Å²) in [4.78, 5) is 27.0. The van der Waals surface area contributed by atoms with E-state index < -0.39 is 11.0 Å². The summed E-state index contributed by atoms with van der Waals surface area (Å²) in [5.41, 5.74) is -0.986. The van der Waals surface area contributed by atoms with E-state index >= 15 is 0 Å². The maximum Gasteiger partial charge on any atom is 0.410 e. The lowest BCUT2D eigenvalue weighted by Gasteiger charge is -2.44. The zero-order valence-corrected chi connectivity index (χ0v) is 14.4. The van der Waals surface area contributed by atoms with Gasteiger partial charge >= 0.3 is 6.09 Å². The first-order chi connectivity index (χ1) is 10.2. The molecule has 2 aliphatic rings. The zero-order chi connectivity index (χ0) is 16.5. The minimum absolute atomic E-state index is 0.0748. The Balaban J connectivity index is 2.18. The third-order valence-electron chi connectivity index (χ3n) is 4.84. The summed E-state index contributed by atoms with van der Waals surface area (Å²) in [6.07, 6.45) is 5.23. The first kappa shape index (κ1) is 17.0. The van der Waals surface area contributed by atoms with E-state index in [0.717, 1.165) is 25.7 Å². The van der Waals surface area contributed by atoms with E-state index in [1.807, 2.05) is 33.8 Å². The van der Waals surface area contributed by atoms with Crippen molar-refractivity contribution in [3.8, 4) is 0 Å². The lowest BCUT2D eigenvalue weighted by Crippen LogP contribution is -2.54. The molecule has 2 rings (SSSR count). The van der Waals surface area contributed by atoms with Crippen LogP contribution in [-0.2, 0) is 9.53 Å². The molecule has 0 bridgehead atoms. The van der Waals surface area contributed by atoms with Crippen LogP contribution in [0.15, 0.2) is 12.7 Å². The summed E-state index contributed by atoms with van der Waals surface area (Å²) in [5, 5.41) is 0. The molecule has 1 aliphatic carbocycles. The summed E-state index contributed by atoms with van der Waals surface area (Å²) in [6, 6.07) is 0. The minimum Gasteiger partial charge on any atom is -0.444 e. The van der Waals surface area contributed by atoms with E-state index in [1.165, 1.54) is 0 Å². The number of hydrogen-bond acceptors (Lipinski definition) is 3. The number of carbonyl (C=O) groups is 2. The number of nitrogens with zero attached hydrogens (tertiary/aromatic N) is 1. The van der Waals surface area contributed by atoms with E-state index in [0.29, 0.717) is 18.9 Å². The fourth-order valence-electron chi connectivity index (χ4n) is 3.34. The molecular weight excluding hydrogens is 278 g/mol. The van der Waals surface area contributed by atoms with Gasteiger partial charge in [0.2, 0.25) is 0 Å². The van der Waals surface area contributed by atoms with Crippen LogP contribution in [0.25, 0.3) is 0 Å². The normalized spacial score (nSPS) is 27.2. The standard InChI is InChI=1S/C18H29NO3/c1-6-13(2)18(15(20)14-8-9-14)10-7-11-19(12-18)16(21)22-17(3,4)5/h6,13-14H,1,7-12H2,2-5H3. The molecule has 1 heterocycles. The number of Topliss-reactive ketones (excluding diaryl/α,β-unsaturated/α-hetero) is 1. The molecule has 2 unspecified atom stereocenters. The Morgan fingerprint density at radius 1 is 1.36 bits per heavy atom. The van der Waals surface area contributed by atoms with Crippen molar-refractivity contribution in [3.63, 3.8) is 0 Å². The highest BCUT2D eigenvalue weighted by Crippen LogP contribution is 2.46. The number of rotatable bonds is 4. The molecule has 2 fully saturated rings. The fourth-order valence-corrected chi connectivity index (χ4v) is 3.34. The maximum atomic E-state index is 12.9. The molecule has 2 atom stereocenters. The number of amides is 1. The molecule has 1 amide bonds. The molecule has 0 aromatic heterocycles. The van der Waals surface area contributed by atoms with Crippen molar-refractivity contribution in [2.45, 2.75) is 59.0 Å². The first-order valence-corrected chi connectivity index (χ1v) is 8.34. The van der Waals surface area contributed by atoms with E-state index in [2.05, 4.69) is 6.58 Å². The number of allylic oxidation sites excluding steroid dienone is 1. The third kappa shape index (κ3) is 3.53. The van der Waals surface area contributed by atoms with Gasteiger partial charge in [-0.15, -0.1) is 6.58 Å². The van der Waals surface area contributed by atoms with Crippen LogP contribution in [0.2, 0.25) is 0 Å². The molecule has 1 saturated heterocycles. The van der Waals surface area contributed by atoms with Gasteiger partial charge in [0.25, 0.3) is 0 Å². The molecular formula is C18H29NO3. The largest absolute Gasteiger partial charge is 0.444 e. The molecule has 0 spiro atoms. The van der Waals surface area contributed by atoms with Crippen molar-refractivity contribution in [1.82, 2.24) is 4.90 Å². The number of carbonyl (C=O) groups excluding carboxylic acids is 2. The minimum atomic E-state index is -0.512. The van der Waals surface area contributed by atoms with Gasteiger partial charge in [0.15, 0.2) is 0 Å². The van der Waals surface area contributed by atoms with Crippen molar-refractivity contribution in [2.24, 2.45) is 17.3 Å². The quantitative estimate of drug-likeness (QED) is 0.742. The van der Waals surface area contributed by atoms with Gasteiger partial charge in [-0.2, -0.15) is 0 Å². The SMILES string of the molecule is C=CC(C)C1(C(=O)C2CC2)CCCN(C(=O)OC(C)(C)C)C1. The van der Waals surface area contributed by atoms with Crippen LogP contribution in [0.5, 0.6) is 0 Å². The molecule has 4 heteroatoms. The van der Waals surface area contributed by atoms with Crippen LogP contribution < -0.4 is 0 Å². The molecule has 124 valence electrons. The summed E-state index contributed by atoms with van der Waals surface area (Å²) < 4.78 is 5.49. The van der Waals surface area contributed by atoms with E-state index in [4.69, 9.17) is 4.74 Å². The third-order valence-corrected chi connectivity index (χ3v) is 4.84. The van der Waals surface area contributed by atoms with Gasteiger partial charge in [0.1, 0.15) is 11.4 Å². The van der Waals surface area contributed by atoms with Gasteiger partial charge in [-0.05, 0) is 52.4 Å². The molecule has 22 heavy (non-hydrogen) atoms. The second-order valence-corrected chi connectivity index (χ2v) is 7.82. The van der Waals surface area contributed by atoms with Gasteiger partial charge < -0.3 is 9.64 Å². The van der Waals surface area contributed by atoms with Crippen LogP contribution in [0.4, 0.5) is 4.79 Å². The molecule has 0 aromatic carbocycles. The Morgan fingerprint density at radius 3 is 2.50 bits per heavy atom. The highest BCUT2D eigenvalue weighted by molar-refractivity contribution is 5.90. The van der Waals surface area contributed by atoms with Crippen LogP contribution in [0.3, 0.4) is 0 Å². The van der Waals surface area contributed by atoms with Crippen molar-refractivity contribution < 1.29 is 14.3 Å². The van der Waals surface area contributed by atoms with Gasteiger partial charge in [-0.1, -0.05) is 13.0 Å². The number of likely N-dealkylation sites (tertiary alicyclic amines) is 1. The summed E-state index contributed by atoms with van der Waals surface area (Å²) in [6.45, 7) is 12.7. The lowest BCUT2D eigenvalue weighted by molar-refractivity contribution is -0.135. The maximum absolute atomic E-state index is 12.9. The highest BCUT2D eigenvalue weighted by Gasteiger charge is 2.51. The van der Waals surface area contributed by atoms with Crippen molar-refractivity contribution in [2.75, 3.05) is 13.1 Å². The average molecular weight is 307 g/mol. The molecule has 0 radical (unpaired) electrons. The fraction of sp³-hybridized carbons (Fsp3) is 0.778. The Hall–Kier alpha value is -1.32. The van der Waals surface area contributed by atoms with E-state index in [9.17, 15) is 9.59 Å². The Morgan fingerprint density at radius 2 is 2.00 bits per heavy atom. The Kier molecular flexibility index (Phi) is 4.69. The first-order valence-electron chi connectivity index (χ1n) is 8.34. The van der Waals surface area contributed by atoms with Crippen LogP contribution >= 0.6 is 0 Å². The average Bonchev–Trinajstić information content (AvgIpc) is 3.28.